The fraction of sp³-hybridized carbons (Fsp3) is 0.900. The van der Waals surface area contributed by atoms with Crippen LogP contribution in [0, 0.1) is 11.8 Å². The molecule has 2 unspecified atom stereocenters. The molecule has 1 aliphatic heterocycles. The van der Waals surface area contributed by atoms with Crippen molar-refractivity contribution in [1.29, 1.82) is 0 Å². The van der Waals surface area contributed by atoms with Crippen molar-refractivity contribution in [2.24, 2.45) is 11.8 Å². The van der Waals surface area contributed by atoms with E-state index in [1.54, 1.807) is 6.92 Å². The number of ether oxygens (including phenoxy) is 1. The highest BCUT2D eigenvalue weighted by Gasteiger charge is 2.48. The normalized spacial score (nSPS) is 30.4. The smallest absolute Gasteiger partial charge is 0.135 e. The van der Waals surface area contributed by atoms with Gasteiger partial charge in [-0.25, -0.2) is 0 Å². The average Bonchev–Trinajstić information content (AvgIpc) is 2.63. The molecule has 0 aromatic heterocycles. The molecule has 70 valence electrons. The summed E-state index contributed by atoms with van der Waals surface area (Å²) in [6.07, 6.45) is 0.950. The number of carbonyl (C=O) groups is 1. The van der Waals surface area contributed by atoms with E-state index in [-0.39, 0.29) is 17.3 Å². The number of carbonyl (C=O) groups excluding carboxylic acids is 1. The largest absolute Gasteiger partial charge is 0.369 e. The van der Waals surface area contributed by atoms with Crippen LogP contribution in [0.25, 0.3) is 0 Å². The van der Waals surface area contributed by atoms with Crippen molar-refractivity contribution in [1.82, 2.24) is 0 Å². The van der Waals surface area contributed by atoms with Crippen LogP contribution in [0.1, 0.15) is 34.1 Å². The third-order valence-corrected chi connectivity index (χ3v) is 2.53. The molecule has 2 nitrogen and oxygen atoms in total. The summed E-state index contributed by atoms with van der Waals surface area (Å²) in [4.78, 5) is 11.3. The molecule has 12 heavy (non-hydrogen) atoms. The zero-order valence-corrected chi connectivity index (χ0v) is 8.39. The Balaban J connectivity index is 2.56. The van der Waals surface area contributed by atoms with Gasteiger partial charge in [0.1, 0.15) is 5.78 Å². The minimum atomic E-state index is -0.129. The van der Waals surface area contributed by atoms with E-state index in [2.05, 4.69) is 13.8 Å². The van der Waals surface area contributed by atoms with Crippen LogP contribution in [-0.4, -0.2) is 18.0 Å². The number of epoxide rings is 1. The highest BCUT2D eigenvalue weighted by Crippen LogP contribution is 2.38. The summed E-state index contributed by atoms with van der Waals surface area (Å²) in [5.74, 6) is 0.945. The second-order valence-electron chi connectivity index (χ2n) is 4.39. The standard InChI is InChI=1S/C10H18O2/c1-7(2)5-9(8(3)11)10(4)6-12-10/h7,9H,5-6H2,1-4H3. The van der Waals surface area contributed by atoms with Gasteiger partial charge in [0.2, 0.25) is 0 Å². The third-order valence-electron chi connectivity index (χ3n) is 2.53. The Bertz CT molecular complexity index is 180. The van der Waals surface area contributed by atoms with Gasteiger partial charge >= 0.3 is 0 Å². The fourth-order valence-electron chi connectivity index (χ4n) is 1.63. The molecule has 0 spiro atoms. The van der Waals surface area contributed by atoms with Crippen LogP contribution in [0.5, 0.6) is 0 Å². The molecule has 1 fully saturated rings. The molecule has 0 amide bonds. The first kappa shape index (κ1) is 9.72. The van der Waals surface area contributed by atoms with Gasteiger partial charge in [-0.2, -0.15) is 0 Å². The van der Waals surface area contributed by atoms with E-state index in [9.17, 15) is 4.79 Å². The maximum atomic E-state index is 11.3. The van der Waals surface area contributed by atoms with Gasteiger partial charge in [0, 0.05) is 5.92 Å². The lowest BCUT2D eigenvalue weighted by molar-refractivity contribution is -0.123. The van der Waals surface area contributed by atoms with E-state index in [0.29, 0.717) is 5.92 Å². The first-order chi connectivity index (χ1) is 5.46. The first-order valence-electron chi connectivity index (χ1n) is 4.60. The molecular weight excluding hydrogens is 152 g/mol. The number of hydrogen-bond acceptors (Lipinski definition) is 2. The first-order valence-corrected chi connectivity index (χ1v) is 4.60. The minimum Gasteiger partial charge on any atom is -0.369 e. The fourth-order valence-corrected chi connectivity index (χ4v) is 1.63. The molecule has 0 saturated carbocycles. The van der Waals surface area contributed by atoms with Gasteiger partial charge in [0.25, 0.3) is 0 Å². The van der Waals surface area contributed by atoms with Crippen LogP contribution in [-0.2, 0) is 9.53 Å². The molecule has 1 heterocycles. The second-order valence-corrected chi connectivity index (χ2v) is 4.39. The maximum absolute atomic E-state index is 11.3. The van der Waals surface area contributed by atoms with E-state index in [0.717, 1.165) is 13.0 Å². The number of rotatable bonds is 4. The lowest BCUT2D eigenvalue weighted by atomic mass is 9.84. The molecule has 0 radical (unpaired) electrons. The Morgan fingerprint density at radius 1 is 1.58 bits per heavy atom. The number of Topliss-reactive ketones (excluding diaryl/α,β-unsaturated/α-hetero) is 1. The third kappa shape index (κ3) is 2.07. The van der Waals surface area contributed by atoms with Crippen LogP contribution >= 0.6 is 0 Å². The quantitative estimate of drug-likeness (QED) is 0.604. The molecular formula is C10H18O2. The SMILES string of the molecule is CC(=O)C(CC(C)C)C1(C)CO1. The molecule has 1 aliphatic rings. The van der Waals surface area contributed by atoms with Gasteiger partial charge in [-0.05, 0) is 26.2 Å². The molecule has 2 heteroatoms. The van der Waals surface area contributed by atoms with Crippen molar-refractivity contribution in [2.45, 2.75) is 39.7 Å². The Kier molecular flexibility index (Phi) is 2.57. The molecule has 1 rings (SSSR count). The molecule has 0 aromatic carbocycles. The predicted molar refractivity (Wildman–Crippen MR) is 48.0 cm³/mol. The Morgan fingerprint density at radius 3 is 2.33 bits per heavy atom. The monoisotopic (exact) mass is 170 g/mol. The highest BCUT2D eigenvalue weighted by molar-refractivity contribution is 5.80. The van der Waals surface area contributed by atoms with Crippen molar-refractivity contribution in [3.8, 4) is 0 Å². The summed E-state index contributed by atoms with van der Waals surface area (Å²) in [5.41, 5.74) is -0.129. The molecule has 0 N–H and O–H groups in total. The molecule has 0 bridgehead atoms. The summed E-state index contributed by atoms with van der Waals surface area (Å²) in [6, 6.07) is 0. The summed E-state index contributed by atoms with van der Waals surface area (Å²) in [6.45, 7) is 8.73. The van der Waals surface area contributed by atoms with Crippen LogP contribution in [0.15, 0.2) is 0 Å². The predicted octanol–water partition coefficient (Wildman–Crippen LogP) is 2.03. The summed E-state index contributed by atoms with van der Waals surface area (Å²) in [5, 5.41) is 0. The second kappa shape index (κ2) is 3.17. The van der Waals surface area contributed by atoms with Crippen molar-refractivity contribution in [3.05, 3.63) is 0 Å². The van der Waals surface area contributed by atoms with E-state index in [1.165, 1.54) is 0 Å². The van der Waals surface area contributed by atoms with Gasteiger partial charge in [-0.15, -0.1) is 0 Å². The van der Waals surface area contributed by atoms with Crippen molar-refractivity contribution >= 4 is 5.78 Å². The molecule has 2 atom stereocenters. The van der Waals surface area contributed by atoms with Gasteiger partial charge in [0.05, 0.1) is 12.2 Å². The topological polar surface area (TPSA) is 29.6 Å². The Morgan fingerprint density at radius 2 is 2.08 bits per heavy atom. The van der Waals surface area contributed by atoms with Crippen LogP contribution in [0.2, 0.25) is 0 Å². The number of ketones is 1. The molecule has 0 aromatic rings. The van der Waals surface area contributed by atoms with E-state index in [1.807, 2.05) is 6.92 Å². The molecule has 0 aliphatic carbocycles. The summed E-state index contributed by atoms with van der Waals surface area (Å²) in [7, 11) is 0. The van der Waals surface area contributed by atoms with Crippen molar-refractivity contribution in [2.75, 3.05) is 6.61 Å². The number of hydrogen-bond donors (Lipinski definition) is 0. The Labute approximate surface area is 74.3 Å². The minimum absolute atomic E-state index is 0.109. The van der Waals surface area contributed by atoms with Crippen LogP contribution < -0.4 is 0 Å². The summed E-state index contributed by atoms with van der Waals surface area (Å²) < 4.78 is 5.30. The van der Waals surface area contributed by atoms with Gasteiger partial charge < -0.3 is 4.74 Å². The van der Waals surface area contributed by atoms with Gasteiger partial charge in [-0.3, -0.25) is 4.79 Å². The lowest BCUT2D eigenvalue weighted by Gasteiger charge is -2.19. The summed E-state index contributed by atoms with van der Waals surface area (Å²) >= 11 is 0. The van der Waals surface area contributed by atoms with Crippen molar-refractivity contribution < 1.29 is 9.53 Å². The lowest BCUT2D eigenvalue weighted by Crippen LogP contribution is -2.28. The zero-order valence-electron chi connectivity index (χ0n) is 8.39. The van der Waals surface area contributed by atoms with Crippen molar-refractivity contribution in [3.63, 3.8) is 0 Å². The van der Waals surface area contributed by atoms with E-state index >= 15 is 0 Å². The van der Waals surface area contributed by atoms with E-state index < -0.39 is 0 Å². The maximum Gasteiger partial charge on any atom is 0.135 e. The average molecular weight is 170 g/mol. The van der Waals surface area contributed by atoms with Gasteiger partial charge in [-0.1, -0.05) is 13.8 Å². The highest BCUT2D eigenvalue weighted by atomic mass is 16.6. The van der Waals surface area contributed by atoms with Gasteiger partial charge in [0.15, 0.2) is 0 Å². The van der Waals surface area contributed by atoms with Crippen LogP contribution in [0.3, 0.4) is 0 Å². The van der Waals surface area contributed by atoms with E-state index in [4.69, 9.17) is 4.74 Å². The Hall–Kier alpha value is -0.370. The molecule has 1 saturated heterocycles. The zero-order chi connectivity index (χ0) is 9.35. The van der Waals surface area contributed by atoms with Crippen LogP contribution in [0.4, 0.5) is 0 Å².